The van der Waals surface area contributed by atoms with E-state index in [2.05, 4.69) is 20.6 Å². The van der Waals surface area contributed by atoms with E-state index in [9.17, 15) is 13.6 Å². The third-order valence-corrected chi connectivity index (χ3v) is 3.42. The van der Waals surface area contributed by atoms with Gasteiger partial charge >= 0.3 is 0 Å². The van der Waals surface area contributed by atoms with E-state index in [1.165, 1.54) is 18.5 Å². The van der Waals surface area contributed by atoms with Crippen LogP contribution in [-0.4, -0.2) is 23.0 Å². The Hall–Kier alpha value is -3.55. The van der Waals surface area contributed by atoms with Gasteiger partial charge in [-0.3, -0.25) is 4.79 Å². The first-order valence-electron chi connectivity index (χ1n) is 7.54. The van der Waals surface area contributed by atoms with Gasteiger partial charge in [0, 0.05) is 17.4 Å². The standard InChI is InChI=1S/C18H14F2N4O2/c1-26-13-5-2-11(3-6-13)23-17-10-21-16(9-22-17)18(25)24-12-4-7-14(19)15(20)8-12/h2-10H,1H3,(H,22,23)(H,24,25). The van der Waals surface area contributed by atoms with Crippen molar-refractivity contribution in [3.05, 3.63) is 72.2 Å². The molecule has 1 aromatic heterocycles. The average molecular weight is 356 g/mol. The number of methoxy groups -OCH3 is 1. The number of anilines is 3. The fourth-order valence-electron chi connectivity index (χ4n) is 2.10. The van der Waals surface area contributed by atoms with Crippen molar-refractivity contribution in [2.24, 2.45) is 0 Å². The summed E-state index contributed by atoms with van der Waals surface area (Å²) < 4.78 is 31.1. The minimum Gasteiger partial charge on any atom is -0.497 e. The van der Waals surface area contributed by atoms with Crippen LogP contribution in [0.1, 0.15) is 10.5 Å². The van der Waals surface area contributed by atoms with Crippen LogP contribution in [0.15, 0.2) is 54.9 Å². The van der Waals surface area contributed by atoms with E-state index >= 15 is 0 Å². The maximum atomic E-state index is 13.2. The summed E-state index contributed by atoms with van der Waals surface area (Å²) in [6.07, 6.45) is 2.67. The van der Waals surface area contributed by atoms with Crippen molar-refractivity contribution in [2.45, 2.75) is 0 Å². The molecule has 132 valence electrons. The van der Waals surface area contributed by atoms with Crippen LogP contribution in [0.4, 0.5) is 26.0 Å². The molecule has 2 N–H and O–H groups in total. The SMILES string of the molecule is COc1ccc(Nc2cnc(C(=O)Nc3ccc(F)c(F)c3)cn2)cc1. The molecule has 1 amide bonds. The normalized spacial score (nSPS) is 10.3. The molecule has 8 heteroatoms. The van der Waals surface area contributed by atoms with Crippen LogP contribution < -0.4 is 15.4 Å². The largest absolute Gasteiger partial charge is 0.497 e. The van der Waals surface area contributed by atoms with E-state index in [0.717, 1.165) is 23.6 Å². The molecule has 0 fully saturated rings. The van der Waals surface area contributed by atoms with Gasteiger partial charge in [-0.25, -0.2) is 18.7 Å². The third-order valence-electron chi connectivity index (χ3n) is 3.42. The summed E-state index contributed by atoms with van der Waals surface area (Å²) in [5.41, 5.74) is 0.935. The Morgan fingerprint density at radius 3 is 2.31 bits per heavy atom. The van der Waals surface area contributed by atoms with Crippen molar-refractivity contribution in [1.82, 2.24) is 9.97 Å². The van der Waals surface area contributed by atoms with Crippen LogP contribution >= 0.6 is 0 Å². The molecule has 0 aliphatic heterocycles. The predicted octanol–water partition coefficient (Wildman–Crippen LogP) is 3.76. The van der Waals surface area contributed by atoms with Crippen LogP contribution in [0, 0.1) is 11.6 Å². The number of hydrogen-bond acceptors (Lipinski definition) is 5. The number of ether oxygens (including phenoxy) is 1. The zero-order valence-corrected chi connectivity index (χ0v) is 13.7. The Bertz CT molecular complexity index is 915. The van der Waals surface area contributed by atoms with Gasteiger partial charge in [0.05, 0.1) is 19.5 Å². The van der Waals surface area contributed by atoms with Gasteiger partial charge in [-0.1, -0.05) is 0 Å². The highest BCUT2D eigenvalue weighted by Gasteiger charge is 2.10. The van der Waals surface area contributed by atoms with Gasteiger partial charge in [0.1, 0.15) is 17.3 Å². The molecule has 0 aliphatic carbocycles. The number of hydrogen-bond donors (Lipinski definition) is 2. The van der Waals surface area contributed by atoms with Gasteiger partial charge in [0.25, 0.3) is 5.91 Å². The lowest BCUT2D eigenvalue weighted by molar-refractivity contribution is 0.102. The molecule has 0 saturated heterocycles. The fourth-order valence-corrected chi connectivity index (χ4v) is 2.10. The Morgan fingerprint density at radius 2 is 1.69 bits per heavy atom. The van der Waals surface area contributed by atoms with E-state index in [0.29, 0.717) is 5.82 Å². The molecule has 0 aliphatic rings. The summed E-state index contributed by atoms with van der Waals surface area (Å²) in [6, 6.07) is 10.3. The van der Waals surface area contributed by atoms with E-state index in [1.807, 2.05) is 12.1 Å². The highest BCUT2D eigenvalue weighted by atomic mass is 19.2. The van der Waals surface area contributed by atoms with E-state index in [4.69, 9.17) is 4.74 Å². The van der Waals surface area contributed by atoms with Gasteiger partial charge in [0.15, 0.2) is 11.6 Å². The summed E-state index contributed by atoms with van der Waals surface area (Å²) in [4.78, 5) is 20.2. The zero-order valence-electron chi connectivity index (χ0n) is 13.7. The molecule has 1 heterocycles. The first-order valence-corrected chi connectivity index (χ1v) is 7.54. The van der Waals surface area contributed by atoms with Crippen molar-refractivity contribution in [3.8, 4) is 5.75 Å². The highest BCUT2D eigenvalue weighted by Crippen LogP contribution is 2.18. The van der Waals surface area contributed by atoms with Crippen molar-refractivity contribution in [3.63, 3.8) is 0 Å². The molecular formula is C18H14F2N4O2. The van der Waals surface area contributed by atoms with Crippen molar-refractivity contribution in [2.75, 3.05) is 17.7 Å². The minimum absolute atomic E-state index is 0.0371. The Kier molecular flexibility index (Phi) is 5.02. The summed E-state index contributed by atoms with van der Waals surface area (Å²) in [5, 5.41) is 5.46. The summed E-state index contributed by atoms with van der Waals surface area (Å²) >= 11 is 0. The van der Waals surface area contributed by atoms with Gasteiger partial charge in [-0.05, 0) is 36.4 Å². The molecule has 0 atom stereocenters. The van der Waals surface area contributed by atoms with Crippen molar-refractivity contribution >= 4 is 23.1 Å². The molecule has 3 rings (SSSR count). The maximum absolute atomic E-state index is 13.2. The summed E-state index contributed by atoms with van der Waals surface area (Å²) in [6.45, 7) is 0. The molecule has 0 bridgehead atoms. The van der Waals surface area contributed by atoms with Gasteiger partial charge in [-0.15, -0.1) is 0 Å². The summed E-state index contributed by atoms with van der Waals surface area (Å²) in [5.74, 6) is -1.45. The Balaban J connectivity index is 1.66. The molecular weight excluding hydrogens is 342 g/mol. The van der Waals surface area contributed by atoms with Crippen molar-refractivity contribution < 1.29 is 18.3 Å². The first-order chi connectivity index (χ1) is 12.5. The number of carbonyl (C=O) groups excluding carboxylic acids is 1. The van der Waals surface area contributed by atoms with E-state index in [-0.39, 0.29) is 11.4 Å². The van der Waals surface area contributed by atoms with E-state index in [1.54, 1.807) is 19.2 Å². The first kappa shape index (κ1) is 17.3. The second-order valence-electron chi connectivity index (χ2n) is 5.22. The second-order valence-corrected chi connectivity index (χ2v) is 5.22. The molecule has 6 nitrogen and oxygen atoms in total. The van der Waals surface area contributed by atoms with Crippen molar-refractivity contribution in [1.29, 1.82) is 0 Å². The van der Waals surface area contributed by atoms with Crippen LogP contribution in [0.3, 0.4) is 0 Å². The number of rotatable bonds is 5. The number of carbonyl (C=O) groups is 1. The topological polar surface area (TPSA) is 76.1 Å². The monoisotopic (exact) mass is 356 g/mol. The van der Waals surface area contributed by atoms with Crippen LogP contribution in [0.25, 0.3) is 0 Å². The number of nitrogens with one attached hydrogen (secondary N) is 2. The molecule has 0 radical (unpaired) electrons. The number of nitrogens with zero attached hydrogens (tertiary/aromatic N) is 2. The number of benzene rings is 2. The molecule has 3 aromatic rings. The third kappa shape index (κ3) is 4.10. The predicted molar refractivity (Wildman–Crippen MR) is 92.6 cm³/mol. The Morgan fingerprint density at radius 1 is 0.962 bits per heavy atom. The van der Waals surface area contributed by atoms with Gasteiger partial charge < -0.3 is 15.4 Å². The van der Waals surface area contributed by atoms with Crippen LogP contribution in [0.5, 0.6) is 5.75 Å². The van der Waals surface area contributed by atoms with E-state index < -0.39 is 17.5 Å². The van der Waals surface area contributed by atoms with Crippen LogP contribution in [-0.2, 0) is 0 Å². The zero-order chi connectivity index (χ0) is 18.5. The molecule has 0 saturated carbocycles. The fraction of sp³-hybridized carbons (Fsp3) is 0.0556. The highest BCUT2D eigenvalue weighted by molar-refractivity contribution is 6.02. The average Bonchev–Trinajstić information content (AvgIpc) is 2.66. The lowest BCUT2D eigenvalue weighted by atomic mass is 10.3. The number of halogens is 2. The Labute approximate surface area is 147 Å². The molecule has 26 heavy (non-hydrogen) atoms. The smallest absolute Gasteiger partial charge is 0.275 e. The lowest BCUT2D eigenvalue weighted by Gasteiger charge is -2.08. The number of aromatic nitrogens is 2. The molecule has 0 unspecified atom stereocenters. The maximum Gasteiger partial charge on any atom is 0.275 e. The second kappa shape index (κ2) is 7.56. The quantitative estimate of drug-likeness (QED) is 0.728. The summed E-state index contributed by atoms with van der Waals surface area (Å²) in [7, 11) is 1.58. The molecule has 0 spiro atoms. The number of amides is 1. The lowest BCUT2D eigenvalue weighted by Crippen LogP contribution is -2.14. The van der Waals surface area contributed by atoms with Gasteiger partial charge in [-0.2, -0.15) is 0 Å². The van der Waals surface area contributed by atoms with Gasteiger partial charge in [0.2, 0.25) is 0 Å². The molecule has 2 aromatic carbocycles. The van der Waals surface area contributed by atoms with Crippen LogP contribution in [0.2, 0.25) is 0 Å². The minimum atomic E-state index is -1.05.